The zero-order chi connectivity index (χ0) is 8.60. The van der Waals surface area contributed by atoms with Gasteiger partial charge in [-0.1, -0.05) is 19.8 Å². The Morgan fingerprint density at radius 2 is 2.17 bits per heavy atom. The van der Waals surface area contributed by atoms with Gasteiger partial charge in [0.25, 0.3) is 6.02 Å². The van der Waals surface area contributed by atoms with E-state index in [9.17, 15) is 0 Å². The lowest BCUT2D eigenvalue weighted by Crippen LogP contribution is -2.29. The maximum absolute atomic E-state index is 5.48. The number of aliphatic imine (C=N–C) groups is 1. The molecule has 0 aromatic carbocycles. The van der Waals surface area contributed by atoms with Crippen LogP contribution in [-0.2, 0) is 4.74 Å². The van der Waals surface area contributed by atoms with Crippen LogP contribution in [0.1, 0.15) is 32.6 Å². The molecule has 3 heteroatoms. The summed E-state index contributed by atoms with van der Waals surface area (Å²) in [6.07, 6.45) is 5.22. The molecule has 1 aliphatic heterocycles. The van der Waals surface area contributed by atoms with Crippen molar-refractivity contribution in [3.63, 3.8) is 0 Å². The minimum Gasteiger partial charge on any atom is -0.463 e. The van der Waals surface area contributed by atoms with Gasteiger partial charge in [0.15, 0.2) is 0 Å². The maximum atomic E-state index is 5.48. The Bertz CT molecular complexity index is 207. The normalized spacial score (nSPS) is 33.1. The molecule has 2 aliphatic rings. The fraction of sp³-hybridized carbons (Fsp3) is 0.889. The second-order valence-electron chi connectivity index (χ2n) is 4.16. The van der Waals surface area contributed by atoms with Gasteiger partial charge in [-0.2, -0.15) is 0 Å². The molecule has 0 aromatic heterocycles. The lowest BCUT2D eigenvalue weighted by molar-refractivity contribution is 0.204. The van der Waals surface area contributed by atoms with E-state index < -0.39 is 0 Å². The molecule has 1 aliphatic carbocycles. The minimum absolute atomic E-state index is 0.319. The third-order valence-corrected chi connectivity index (χ3v) is 3.22. The van der Waals surface area contributed by atoms with Crippen molar-refractivity contribution in [2.75, 3.05) is 6.61 Å². The van der Waals surface area contributed by atoms with Crippen LogP contribution in [0, 0.1) is 5.41 Å². The molecule has 0 bridgehead atoms. The maximum Gasteiger partial charge on any atom is 0.282 e. The summed E-state index contributed by atoms with van der Waals surface area (Å²) in [5.41, 5.74) is 5.84. The zero-order valence-electron chi connectivity index (χ0n) is 7.55. The fourth-order valence-corrected chi connectivity index (χ4v) is 2.27. The summed E-state index contributed by atoms with van der Waals surface area (Å²) in [6, 6.07) is 0.702. The number of hydrogen-bond acceptors (Lipinski definition) is 3. The van der Waals surface area contributed by atoms with Gasteiger partial charge in [-0.15, -0.1) is 0 Å². The highest BCUT2D eigenvalue weighted by Crippen LogP contribution is 2.42. The first-order valence-electron chi connectivity index (χ1n) is 4.67. The summed E-state index contributed by atoms with van der Waals surface area (Å²) in [4.78, 5) is 4.31. The third kappa shape index (κ3) is 1.17. The second-order valence-corrected chi connectivity index (χ2v) is 4.16. The molecule has 2 rings (SSSR count). The summed E-state index contributed by atoms with van der Waals surface area (Å²) in [5.74, 6) is 0. The molecule has 0 spiro atoms. The molecule has 2 N–H and O–H groups in total. The number of nitrogens with zero attached hydrogens (tertiary/aromatic N) is 1. The van der Waals surface area contributed by atoms with Crippen LogP contribution in [0.5, 0.6) is 0 Å². The van der Waals surface area contributed by atoms with Gasteiger partial charge in [0.1, 0.15) is 6.61 Å². The predicted octanol–water partition coefficient (Wildman–Crippen LogP) is 1.28. The molecule has 3 nitrogen and oxygen atoms in total. The van der Waals surface area contributed by atoms with E-state index in [-0.39, 0.29) is 0 Å². The number of hydrogen-bond donors (Lipinski definition) is 1. The van der Waals surface area contributed by atoms with Crippen LogP contribution >= 0.6 is 0 Å². The van der Waals surface area contributed by atoms with Gasteiger partial charge >= 0.3 is 0 Å². The molecule has 12 heavy (non-hydrogen) atoms. The third-order valence-electron chi connectivity index (χ3n) is 3.22. The van der Waals surface area contributed by atoms with Crippen LogP contribution in [0.3, 0.4) is 0 Å². The second kappa shape index (κ2) is 2.64. The number of nitrogens with two attached hydrogens (primary N) is 1. The molecular formula is C9H16N2O. The van der Waals surface area contributed by atoms with E-state index in [1.807, 2.05) is 0 Å². The van der Waals surface area contributed by atoms with E-state index in [0.29, 0.717) is 24.1 Å². The van der Waals surface area contributed by atoms with Crippen molar-refractivity contribution in [1.82, 2.24) is 0 Å². The van der Waals surface area contributed by atoms with Gasteiger partial charge in [-0.3, -0.25) is 0 Å². The van der Waals surface area contributed by atoms with E-state index in [4.69, 9.17) is 10.5 Å². The van der Waals surface area contributed by atoms with E-state index in [2.05, 4.69) is 11.9 Å². The predicted molar refractivity (Wildman–Crippen MR) is 47.9 cm³/mol. The van der Waals surface area contributed by atoms with Gasteiger partial charge < -0.3 is 10.5 Å². The number of ether oxygens (including phenoxy) is 1. The molecule has 1 saturated carbocycles. The Kier molecular flexibility index (Phi) is 1.74. The Morgan fingerprint density at radius 1 is 1.50 bits per heavy atom. The molecule has 1 atom stereocenters. The first kappa shape index (κ1) is 7.90. The average Bonchev–Trinajstić information content (AvgIpc) is 2.59. The van der Waals surface area contributed by atoms with Crippen LogP contribution in [0.4, 0.5) is 0 Å². The highest BCUT2D eigenvalue weighted by atomic mass is 16.5. The smallest absolute Gasteiger partial charge is 0.282 e. The van der Waals surface area contributed by atoms with Crippen LogP contribution in [-0.4, -0.2) is 18.7 Å². The van der Waals surface area contributed by atoms with Crippen molar-refractivity contribution in [1.29, 1.82) is 0 Å². The van der Waals surface area contributed by atoms with Crippen molar-refractivity contribution in [2.24, 2.45) is 16.1 Å². The van der Waals surface area contributed by atoms with Crippen molar-refractivity contribution in [3.05, 3.63) is 0 Å². The topological polar surface area (TPSA) is 47.6 Å². The molecule has 0 amide bonds. The van der Waals surface area contributed by atoms with Crippen LogP contribution in [0.2, 0.25) is 0 Å². The fourth-order valence-electron chi connectivity index (χ4n) is 2.27. The quantitative estimate of drug-likeness (QED) is 0.641. The van der Waals surface area contributed by atoms with Crippen molar-refractivity contribution in [2.45, 2.75) is 38.6 Å². The van der Waals surface area contributed by atoms with Gasteiger partial charge in [0, 0.05) is 0 Å². The summed E-state index contributed by atoms with van der Waals surface area (Å²) in [5, 5.41) is 0. The minimum atomic E-state index is 0.319. The van der Waals surface area contributed by atoms with Crippen LogP contribution in [0.15, 0.2) is 4.99 Å². The van der Waals surface area contributed by atoms with Crippen LogP contribution in [0.25, 0.3) is 0 Å². The molecule has 1 heterocycles. The summed E-state index contributed by atoms with van der Waals surface area (Å²) < 4.78 is 5.17. The SMILES string of the molecule is CC1(C2COC(N)=N2)CCCC1. The Balaban J connectivity index is 2.08. The monoisotopic (exact) mass is 168 g/mol. The highest BCUT2D eigenvalue weighted by molar-refractivity contribution is 5.73. The zero-order valence-corrected chi connectivity index (χ0v) is 7.55. The van der Waals surface area contributed by atoms with Gasteiger partial charge in [-0.05, 0) is 18.3 Å². The van der Waals surface area contributed by atoms with E-state index >= 15 is 0 Å². The van der Waals surface area contributed by atoms with Crippen molar-refractivity contribution < 1.29 is 4.74 Å². The van der Waals surface area contributed by atoms with E-state index in [0.717, 1.165) is 0 Å². The van der Waals surface area contributed by atoms with Gasteiger partial charge in [0.05, 0.1) is 6.04 Å². The standard InChI is InChI=1S/C9H16N2O/c1-9(4-2-3-5-9)7-6-12-8(10)11-7/h7H,2-6H2,1H3,(H2,10,11). The Labute approximate surface area is 73.0 Å². The molecule has 0 radical (unpaired) electrons. The lowest BCUT2D eigenvalue weighted by atomic mass is 9.81. The molecule has 68 valence electrons. The summed E-state index contributed by atoms with van der Waals surface area (Å²) >= 11 is 0. The summed E-state index contributed by atoms with van der Waals surface area (Å²) in [7, 11) is 0. The first-order valence-corrected chi connectivity index (χ1v) is 4.67. The molecule has 1 fully saturated rings. The average molecular weight is 168 g/mol. The Hall–Kier alpha value is -0.730. The number of amidine groups is 1. The highest BCUT2D eigenvalue weighted by Gasteiger charge is 2.39. The molecule has 0 aromatic rings. The van der Waals surface area contributed by atoms with Gasteiger partial charge in [-0.25, -0.2) is 4.99 Å². The molecular weight excluding hydrogens is 152 g/mol. The van der Waals surface area contributed by atoms with E-state index in [1.165, 1.54) is 25.7 Å². The van der Waals surface area contributed by atoms with Crippen molar-refractivity contribution >= 4 is 6.02 Å². The van der Waals surface area contributed by atoms with Crippen molar-refractivity contribution in [3.8, 4) is 0 Å². The van der Waals surface area contributed by atoms with Crippen LogP contribution < -0.4 is 5.73 Å². The largest absolute Gasteiger partial charge is 0.463 e. The summed E-state index contributed by atoms with van der Waals surface area (Å²) in [6.45, 7) is 3.00. The number of rotatable bonds is 1. The first-order chi connectivity index (χ1) is 5.71. The Morgan fingerprint density at radius 3 is 2.67 bits per heavy atom. The van der Waals surface area contributed by atoms with E-state index in [1.54, 1.807) is 0 Å². The molecule has 0 saturated heterocycles. The molecule has 1 unspecified atom stereocenters. The lowest BCUT2D eigenvalue weighted by Gasteiger charge is -2.26. The van der Waals surface area contributed by atoms with Gasteiger partial charge in [0.2, 0.25) is 0 Å².